The minimum absolute atomic E-state index is 0.116. The second kappa shape index (κ2) is 41.3. The number of thioether (sulfide) groups is 1. The molecule has 60 heavy (non-hydrogen) atoms. The Morgan fingerprint density at radius 1 is 0.517 bits per heavy atom. The molecular weight excluding hydrogens is 775 g/mol. The van der Waals surface area contributed by atoms with Crippen molar-refractivity contribution in [1.82, 2.24) is 5.32 Å². The highest BCUT2D eigenvalue weighted by Gasteiger charge is 2.44. The number of hydrogen-bond acceptors (Lipinski definition) is 9. The predicted molar refractivity (Wildman–Crippen MR) is 252 cm³/mol. The molecule has 0 spiro atoms. The lowest BCUT2D eigenvalue weighted by atomic mass is 9.99. The summed E-state index contributed by atoms with van der Waals surface area (Å²) in [6, 6.07) is -0.799. The Morgan fingerprint density at radius 3 is 1.23 bits per heavy atom. The number of amides is 1. The highest BCUT2D eigenvalue weighted by Crippen LogP contribution is 2.30. The Hall–Kier alpha value is -0.460. The van der Waals surface area contributed by atoms with Crippen LogP contribution in [0, 0.1) is 0 Å². The van der Waals surface area contributed by atoms with E-state index in [4.69, 9.17) is 4.74 Å². The summed E-state index contributed by atoms with van der Waals surface area (Å²) in [5, 5.41) is 65.7. The van der Waals surface area contributed by atoms with Crippen molar-refractivity contribution >= 4 is 17.7 Å². The molecule has 0 aromatic carbocycles. The van der Waals surface area contributed by atoms with Crippen molar-refractivity contribution in [3.8, 4) is 0 Å². The molecule has 0 aliphatic carbocycles. The monoisotopic (exact) mass is 874 g/mol. The molecule has 1 amide bonds. The van der Waals surface area contributed by atoms with Crippen LogP contribution in [0.25, 0.3) is 0 Å². The highest BCUT2D eigenvalue weighted by atomic mass is 32.2. The number of nitrogens with one attached hydrogen (secondary N) is 1. The molecular formula is C50H99NO8S. The summed E-state index contributed by atoms with van der Waals surface area (Å²) in [5.41, 5.74) is -0.982. The molecule has 1 aliphatic rings. The molecule has 1 fully saturated rings. The molecule has 10 heteroatoms. The van der Waals surface area contributed by atoms with Crippen LogP contribution in [0.5, 0.6) is 0 Å². The number of aliphatic hydroxyl groups is 6. The van der Waals surface area contributed by atoms with E-state index in [-0.39, 0.29) is 11.7 Å². The number of hydrogen-bond donors (Lipinski definition) is 7. The minimum atomic E-state index is -1.50. The third-order valence-corrected chi connectivity index (χ3v) is 14.1. The van der Waals surface area contributed by atoms with Gasteiger partial charge in [0.15, 0.2) is 0 Å². The first-order valence-electron chi connectivity index (χ1n) is 25.8. The largest absolute Gasteiger partial charge is 0.394 e. The van der Waals surface area contributed by atoms with Crippen molar-refractivity contribution in [2.75, 3.05) is 12.4 Å². The van der Waals surface area contributed by atoms with Crippen molar-refractivity contribution in [3.63, 3.8) is 0 Å². The van der Waals surface area contributed by atoms with Gasteiger partial charge in [0.2, 0.25) is 5.91 Å². The van der Waals surface area contributed by atoms with E-state index < -0.39 is 54.7 Å². The summed E-state index contributed by atoms with van der Waals surface area (Å²) in [4.78, 5) is 13.1. The van der Waals surface area contributed by atoms with Gasteiger partial charge in [0.25, 0.3) is 0 Å². The van der Waals surface area contributed by atoms with Crippen LogP contribution in [-0.2, 0) is 9.53 Å². The van der Waals surface area contributed by atoms with Crippen molar-refractivity contribution in [1.29, 1.82) is 0 Å². The van der Waals surface area contributed by atoms with Gasteiger partial charge < -0.3 is 40.7 Å². The predicted octanol–water partition coefficient (Wildman–Crippen LogP) is 11.2. The SMILES string of the molecule is CCCCCCCCCCCCCCCCCCCCCCCCCC(=O)N[C@H](CS[C@H]1O[C@H](CO)[C@H](O)[C@H](O)[C@H]1O)[C@H](O)[C@H](O)CCCCCCCCCCCCCC. The van der Waals surface area contributed by atoms with E-state index in [2.05, 4.69) is 19.2 Å². The number of aliphatic hydroxyl groups excluding tert-OH is 6. The smallest absolute Gasteiger partial charge is 0.220 e. The topological polar surface area (TPSA) is 160 Å². The third-order valence-electron chi connectivity index (χ3n) is 12.8. The van der Waals surface area contributed by atoms with Gasteiger partial charge in [-0.1, -0.05) is 232 Å². The lowest BCUT2D eigenvalue weighted by molar-refractivity contribution is -0.205. The first-order valence-corrected chi connectivity index (χ1v) is 26.9. The molecule has 0 saturated carbocycles. The Balaban J connectivity index is 2.26. The molecule has 0 radical (unpaired) electrons. The fraction of sp³-hybridized carbons (Fsp3) is 0.980. The Labute approximate surface area is 373 Å². The van der Waals surface area contributed by atoms with E-state index in [9.17, 15) is 35.4 Å². The Kier molecular flexibility index (Phi) is 39.6. The van der Waals surface area contributed by atoms with Gasteiger partial charge in [0, 0.05) is 12.2 Å². The molecule has 0 aromatic heterocycles. The third kappa shape index (κ3) is 30.6. The van der Waals surface area contributed by atoms with Gasteiger partial charge in [-0.3, -0.25) is 4.79 Å². The standard InChI is InChI=1S/C50H99NO8S/c1-3-5-7-9-11-13-15-17-18-19-20-21-22-23-24-25-26-27-29-31-33-35-37-39-45(54)51-42(41-60-50-49(58)48(57)47(56)44(40-52)59-50)46(55)43(53)38-36-34-32-30-28-16-14-12-10-8-6-4-2/h42-44,46-50,52-53,55-58H,3-41H2,1-2H3,(H,51,54)/t42-,43-,44-,46+,47+,48+,49-,50-/m1/s1. The molecule has 1 saturated heterocycles. The summed E-state index contributed by atoms with van der Waals surface area (Å²) in [6.45, 7) is 4.00. The second-order valence-electron chi connectivity index (χ2n) is 18.5. The molecule has 0 unspecified atom stereocenters. The van der Waals surface area contributed by atoms with E-state index in [0.29, 0.717) is 12.8 Å². The van der Waals surface area contributed by atoms with Crippen LogP contribution in [0.4, 0.5) is 0 Å². The lowest BCUT2D eigenvalue weighted by Crippen LogP contribution is -2.58. The molecule has 0 bridgehead atoms. The number of carbonyl (C=O) groups is 1. The maximum absolute atomic E-state index is 13.1. The van der Waals surface area contributed by atoms with Crippen molar-refractivity contribution in [2.24, 2.45) is 0 Å². The zero-order valence-electron chi connectivity index (χ0n) is 39.1. The summed E-state index contributed by atoms with van der Waals surface area (Å²) in [5.74, 6) is -0.0701. The van der Waals surface area contributed by atoms with E-state index >= 15 is 0 Å². The molecule has 8 atom stereocenters. The fourth-order valence-electron chi connectivity index (χ4n) is 8.61. The van der Waals surface area contributed by atoms with Gasteiger partial charge in [0.1, 0.15) is 36.0 Å². The number of carbonyl (C=O) groups excluding carboxylic acids is 1. The molecule has 1 rings (SSSR count). The van der Waals surface area contributed by atoms with Crippen molar-refractivity contribution < 1.29 is 40.2 Å². The second-order valence-corrected chi connectivity index (χ2v) is 19.6. The average Bonchev–Trinajstić information content (AvgIpc) is 3.25. The molecule has 7 N–H and O–H groups in total. The molecule has 1 heterocycles. The van der Waals surface area contributed by atoms with Crippen LogP contribution in [0.15, 0.2) is 0 Å². The van der Waals surface area contributed by atoms with E-state index in [1.807, 2.05) is 0 Å². The van der Waals surface area contributed by atoms with Crippen LogP contribution >= 0.6 is 11.8 Å². The maximum Gasteiger partial charge on any atom is 0.220 e. The molecule has 1 aliphatic heterocycles. The van der Waals surface area contributed by atoms with Gasteiger partial charge in [0.05, 0.1) is 18.8 Å². The number of unbranched alkanes of at least 4 members (excludes halogenated alkanes) is 33. The molecule has 9 nitrogen and oxygen atoms in total. The van der Waals surface area contributed by atoms with Crippen molar-refractivity contribution in [2.45, 2.75) is 300 Å². The van der Waals surface area contributed by atoms with Crippen LogP contribution < -0.4 is 5.32 Å². The van der Waals surface area contributed by atoms with Crippen LogP contribution in [0.1, 0.15) is 251 Å². The highest BCUT2D eigenvalue weighted by molar-refractivity contribution is 7.99. The van der Waals surface area contributed by atoms with Crippen LogP contribution in [0.2, 0.25) is 0 Å². The Bertz CT molecular complexity index is 931. The fourth-order valence-corrected chi connectivity index (χ4v) is 9.87. The van der Waals surface area contributed by atoms with Gasteiger partial charge >= 0.3 is 0 Å². The molecule has 358 valence electrons. The van der Waals surface area contributed by atoms with Crippen LogP contribution in [0.3, 0.4) is 0 Å². The Morgan fingerprint density at radius 2 is 0.867 bits per heavy atom. The van der Waals surface area contributed by atoms with Crippen LogP contribution in [-0.4, -0.2) is 97.0 Å². The lowest BCUT2D eigenvalue weighted by Gasteiger charge is -2.40. The van der Waals surface area contributed by atoms with E-state index in [1.54, 1.807) is 0 Å². The summed E-state index contributed by atoms with van der Waals surface area (Å²) >= 11 is 1.09. The number of ether oxygens (including phenoxy) is 1. The summed E-state index contributed by atoms with van der Waals surface area (Å²) in [6.07, 6.45) is 38.0. The normalized spacial score (nSPS) is 21.0. The average molecular weight is 874 g/mol. The van der Waals surface area contributed by atoms with Gasteiger partial charge in [-0.25, -0.2) is 0 Å². The molecule has 0 aromatic rings. The van der Waals surface area contributed by atoms with E-state index in [1.165, 1.54) is 186 Å². The first kappa shape index (κ1) is 57.6. The van der Waals surface area contributed by atoms with Gasteiger partial charge in [-0.05, 0) is 12.8 Å². The summed E-state index contributed by atoms with van der Waals surface area (Å²) < 4.78 is 5.65. The van der Waals surface area contributed by atoms with E-state index in [0.717, 1.165) is 50.3 Å². The zero-order chi connectivity index (χ0) is 43.9. The number of rotatable bonds is 44. The minimum Gasteiger partial charge on any atom is -0.394 e. The maximum atomic E-state index is 13.1. The summed E-state index contributed by atoms with van der Waals surface area (Å²) in [7, 11) is 0. The first-order chi connectivity index (χ1) is 29.3. The quantitative estimate of drug-likeness (QED) is 0.0296. The van der Waals surface area contributed by atoms with Gasteiger partial charge in [-0.15, -0.1) is 11.8 Å². The zero-order valence-corrected chi connectivity index (χ0v) is 39.9. The van der Waals surface area contributed by atoms with Gasteiger partial charge in [-0.2, -0.15) is 0 Å². The van der Waals surface area contributed by atoms with Crippen molar-refractivity contribution in [3.05, 3.63) is 0 Å².